The van der Waals surface area contributed by atoms with Gasteiger partial charge >= 0.3 is 0 Å². The summed E-state index contributed by atoms with van der Waals surface area (Å²) in [5, 5.41) is 0. The van der Waals surface area contributed by atoms with E-state index in [-0.39, 0.29) is 11.3 Å². The van der Waals surface area contributed by atoms with Gasteiger partial charge in [0.15, 0.2) is 0 Å². The van der Waals surface area contributed by atoms with E-state index in [1.165, 1.54) is 11.1 Å². The third-order valence-corrected chi connectivity index (χ3v) is 6.79. The largest absolute Gasteiger partial charge is 0.308 e. The maximum absolute atomic E-state index is 13.0. The van der Waals surface area contributed by atoms with Crippen molar-refractivity contribution in [2.75, 3.05) is 19.6 Å². The first-order valence-electron chi connectivity index (χ1n) is 9.51. The van der Waals surface area contributed by atoms with Gasteiger partial charge in [-0.3, -0.25) is 9.69 Å². The lowest BCUT2D eigenvalue weighted by atomic mass is 9.60. The van der Waals surface area contributed by atoms with Crippen molar-refractivity contribution in [1.82, 2.24) is 9.80 Å². The van der Waals surface area contributed by atoms with Crippen LogP contribution in [0, 0.1) is 5.41 Å². The smallest absolute Gasteiger partial charge is 0.227 e. The Bertz CT molecular complexity index is 662. The molecule has 2 atom stereocenters. The van der Waals surface area contributed by atoms with E-state index in [4.69, 9.17) is 5.73 Å². The molecule has 0 saturated carbocycles. The van der Waals surface area contributed by atoms with Crippen LogP contribution in [0.2, 0.25) is 0 Å². The van der Waals surface area contributed by atoms with E-state index >= 15 is 0 Å². The van der Waals surface area contributed by atoms with Gasteiger partial charge in [0.05, 0.1) is 12.2 Å². The Labute approximate surface area is 145 Å². The summed E-state index contributed by atoms with van der Waals surface area (Å²) in [6.45, 7) is 7.15. The summed E-state index contributed by atoms with van der Waals surface area (Å²) in [7, 11) is 0. The molecule has 0 aromatic carbocycles. The molecule has 4 rings (SSSR count). The lowest BCUT2D eigenvalue weighted by Crippen LogP contribution is -2.75. The summed E-state index contributed by atoms with van der Waals surface area (Å²) in [5.74, 6) is 0.275. The van der Waals surface area contributed by atoms with Crippen molar-refractivity contribution >= 4 is 5.91 Å². The van der Waals surface area contributed by atoms with Gasteiger partial charge in [0.25, 0.3) is 0 Å². The minimum absolute atomic E-state index is 0.0887. The standard InChI is InChI=1S/C20H29N3O/c1-3-5-6-8-15-14-23-17(24)13-19(4-2)10-7-11-22-12-9-16(15)18(23)20(19,22)21/h5-6,8H,3-4,7,9-14,21H2,1-2H3/b6-5-,15-8+/t19-,20+/m0/s1. The fraction of sp³-hybridized carbons (Fsp3) is 0.650. The minimum Gasteiger partial charge on any atom is -0.308 e. The number of allylic oxidation sites excluding steroid dienone is 3. The third kappa shape index (κ3) is 1.90. The Morgan fingerprint density at radius 2 is 2.12 bits per heavy atom. The molecule has 24 heavy (non-hydrogen) atoms. The second kappa shape index (κ2) is 5.57. The molecule has 0 aromatic rings. The van der Waals surface area contributed by atoms with E-state index < -0.39 is 5.66 Å². The molecule has 1 amide bonds. The van der Waals surface area contributed by atoms with Crippen molar-refractivity contribution < 1.29 is 4.79 Å². The molecule has 0 aliphatic carbocycles. The molecule has 4 aliphatic heterocycles. The van der Waals surface area contributed by atoms with Crippen molar-refractivity contribution in [2.45, 2.75) is 58.0 Å². The molecule has 4 heteroatoms. The van der Waals surface area contributed by atoms with Crippen molar-refractivity contribution in [3.05, 3.63) is 35.1 Å². The number of hydrogen-bond acceptors (Lipinski definition) is 3. The van der Waals surface area contributed by atoms with Crippen LogP contribution in [-0.4, -0.2) is 41.0 Å². The Morgan fingerprint density at radius 1 is 1.29 bits per heavy atom. The first kappa shape index (κ1) is 16.1. The van der Waals surface area contributed by atoms with Crippen LogP contribution in [0.25, 0.3) is 0 Å². The molecular weight excluding hydrogens is 298 g/mol. The van der Waals surface area contributed by atoms with E-state index in [0.717, 1.165) is 50.9 Å². The lowest BCUT2D eigenvalue weighted by molar-refractivity contribution is -0.152. The molecule has 2 fully saturated rings. The molecule has 4 nitrogen and oxygen atoms in total. The fourth-order valence-electron chi connectivity index (χ4n) is 5.49. The van der Waals surface area contributed by atoms with Gasteiger partial charge in [-0.25, -0.2) is 0 Å². The van der Waals surface area contributed by atoms with Gasteiger partial charge in [0, 0.05) is 24.9 Å². The molecular formula is C20H29N3O. The van der Waals surface area contributed by atoms with Gasteiger partial charge in [-0.05, 0) is 43.3 Å². The van der Waals surface area contributed by atoms with Crippen LogP contribution in [0.3, 0.4) is 0 Å². The summed E-state index contributed by atoms with van der Waals surface area (Å²) in [4.78, 5) is 17.4. The number of rotatable bonds is 3. The maximum atomic E-state index is 13.0. The van der Waals surface area contributed by atoms with Crippen molar-refractivity contribution in [2.24, 2.45) is 11.1 Å². The van der Waals surface area contributed by atoms with Crippen molar-refractivity contribution in [3.8, 4) is 0 Å². The Balaban J connectivity index is 1.87. The Kier molecular flexibility index (Phi) is 3.73. The van der Waals surface area contributed by atoms with E-state index in [0.29, 0.717) is 13.0 Å². The Morgan fingerprint density at radius 3 is 2.88 bits per heavy atom. The second-order valence-corrected chi connectivity index (χ2v) is 7.75. The molecule has 0 aromatic heterocycles. The number of hydrogen-bond donors (Lipinski definition) is 1. The van der Waals surface area contributed by atoms with E-state index in [1.807, 2.05) is 4.90 Å². The highest BCUT2D eigenvalue weighted by molar-refractivity contribution is 5.84. The molecule has 130 valence electrons. The first-order valence-corrected chi connectivity index (χ1v) is 9.51. The second-order valence-electron chi connectivity index (χ2n) is 7.75. The molecule has 2 N–H and O–H groups in total. The van der Waals surface area contributed by atoms with E-state index in [2.05, 4.69) is 37.0 Å². The molecule has 4 heterocycles. The molecule has 2 saturated heterocycles. The first-order chi connectivity index (χ1) is 11.6. The third-order valence-electron chi connectivity index (χ3n) is 6.79. The van der Waals surface area contributed by atoms with Crippen molar-refractivity contribution in [3.63, 3.8) is 0 Å². The zero-order chi connectivity index (χ0) is 16.9. The van der Waals surface area contributed by atoms with Crippen LogP contribution < -0.4 is 5.73 Å². The Hall–Kier alpha value is -1.39. The minimum atomic E-state index is -0.453. The highest BCUT2D eigenvalue weighted by Crippen LogP contribution is 2.58. The van der Waals surface area contributed by atoms with Crippen LogP contribution >= 0.6 is 0 Å². The van der Waals surface area contributed by atoms with Crippen molar-refractivity contribution in [1.29, 1.82) is 0 Å². The van der Waals surface area contributed by atoms with Gasteiger partial charge in [0.1, 0.15) is 5.66 Å². The van der Waals surface area contributed by atoms with Crippen LogP contribution in [-0.2, 0) is 4.79 Å². The predicted molar refractivity (Wildman–Crippen MR) is 95.9 cm³/mol. The molecule has 0 bridgehead atoms. The highest BCUT2D eigenvalue weighted by Gasteiger charge is 2.64. The van der Waals surface area contributed by atoms with Gasteiger partial charge in [0.2, 0.25) is 5.91 Å². The van der Waals surface area contributed by atoms with Gasteiger partial charge < -0.3 is 10.6 Å². The average Bonchev–Trinajstić information content (AvgIpc) is 2.95. The highest BCUT2D eigenvalue weighted by atomic mass is 16.2. The lowest BCUT2D eigenvalue weighted by Gasteiger charge is -2.63. The number of piperidine rings is 2. The predicted octanol–water partition coefficient (Wildman–Crippen LogP) is 2.93. The van der Waals surface area contributed by atoms with Gasteiger partial charge in [-0.15, -0.1) is 0 Å². The van der Waals surface area contributed by atoms with Crippen LogP contribution in [0.4, 0.5) is 0 Å². The van der Waals surface area contributed by atoms with Gasteiger partial charge in [-0.1, -0.05) is 32.1 Å². The number of nitrogens with zero attached hydrogens (tertiary/aromatic N) is 2. The normalized spacial score (nSPS) is 37.7. The van der Waals surface area contributed by atoms with Crippen LogP contribution in [0.5, 0.6) is 0 Å². The molecule has 4 aliphatic rings. The number of amides is 1. The fourth-order valence-corrected chi connectivity index (χ4v) is 5.49. The summed E-state index contributed by atoms with van der Waals surface area (Å²) in [6, 6.07) is 0. The molecule has 0 spiro atoms. The van der Waals surface area contributed by atoms with E-state index in [9.17, 15) is 4.79 Å². The van der Waals surface area contributed by atoms with Crippen LogP contribution in [0.1, 0.15) is 52.4 Å². The summed E-state index contributed by atoms with van der Waals surface area (Å²) < 4.78 is 0. The zero-order valence-electron chi connectivity index (χ0n) is 15.0. The number of carbonyl (C=O) groups excluding carboxylic acids is 1. The summed E-state index contributed by atoms with van der Waals surface area (Å²) >= 11 is 0. The van der Waals surface area contributed by atoms with Gasteiger partial charge in [-0.2, -0.15) is 0 Å². The van der Waals surface area contributed by atoms with Crippen LogP contribution in [0.15, 0.2) is 35.1 Å². The molecule has 0 radical (unpaired) electrons. The zero-order valence-corrected chi connectivity index (χ0v) is 15.0. The monoisotopic (exact) mass is 327 g/mol. The summed E-state index contributed by atoms with van der Waals surface area (Å²) in [6.07, 6.45) is 12.4. The summed E-state index contributed by atoms with van der Waals surface area (Å²) in [5.41, 5.74) is 10.4. The SMILES string of the molecule is CC/C=C\C=C1/CN2C(=O)C[C@]3(CC)CCCN4CCC1=C2[C@@]43N. The maximum Gasteiger partial charge on any atom is 0.227 e. The number of nitrogens with two attached hydrogens (primary N) is 1. The van der Waals surface area contributed by atoms with E-state index in [1.54, 1.807) is 0 Å². The molecule has 0 unspecified atom stereocenters. The average molecular weight is 327 g/mol. The quantitative estimate of drug-likeness (QED) is 0.867. The topological polar surface area (TPSA) is 49.6 Å². The number of carbonyl (C=O) groups is 1.